The van der Waals surface area contributed by atoms with E-state index < -0.39 is 0 Å². The molecule has 1 unspecified atom stereocenters. The number of tetrazole rings is 1. The normalized spacial score (nSPS) is 11.9. The first-order chi connectivity index (χ1) is 13.5. The number of nitrogens with one attached hydrogen (secondary N) is 1. The van der Waals surface area contributed by atoms with Crippen molar-refractivity contribution >= 4 is 17.7 Å². The lowest BCUT2D eigenvalue weighted by Crippen LogP contribution is -2.30. The number of nitrogens with zero attached hydrogens (tertiary/aromatic N) is 4. The summed E-state index contributed by atoms with van der Waals surface area (Å²) in [6.07, 6.45) is 0. The van der Waals surface area contributed by atoms with Gasteiger partial charge >= 0.3 is 0 Å². The topological polar surface area (TPSA) is 81.9 Å². The maximum absolute atomic E-state index is 12.5. The molecule has 0 aliphatic carbocycles. The van der Waals surface area contributed by atoms with Gasteiger partial charge in [-0.3, -0.25) is 4.79 Å². The maximum Gasteiger partial charge on any atom is 0.233 e. The maximum atomic E-state index is 12.5. The summed E-state index contributed by atoms with van der Waals surface area (Å²) in [6, 6.07) is 13.7. The predicted octanol–water partition coefficient (Wildman–Crippen LogP) is 3.08. The van der Waals surface area contributed by atoms with Gasteiger partial charge in [0.1, 0.15) is 5.75 Å². The summed E-state index contributed by atoms with van der Waals surface area (Å²) in [6.45, 7) is 6.33. The number of hydrogen-bond acceptors (Lipinski definition) is 6. The van der Waals surface area contributed by atoms with Crippen molar-refractivity contribution in [3.63, 3.8) is 0 Å². The van der Waals surface area contributed by atoms with E-state index in [0.717, 1.165) is 28.1 Å². The number of amides is 1. The molecule has 0 radical (unpaired) electrons. The van der Waals surface area contributed by atoms with Crippen LogP contribution in [0.5, 0.6) is 5.75 Å². The minimum atomic E-state index is -0.340. The quantitative estimate of drug-likeness (QED) is 0.617. The van der Waals surface area contributed by atoms with Gasteiger partial charge in [-0.25, -0.2) is 0 Å². The molecule has 0 aliphatic heterocycles. The van der Waals surface area contributed by atoms with Gasteiger partial charge in [-0.2, -0.15) is 4.68 Å². The molecule has 3 rings (SSSR count). The molecule has 1 heterocycles. The van der Waals surface area contributed by atoms with E-state index >= 15 is 0 Å². The number of aryl methyl sites for hydroxylation is 2. The first-order valence-corrected chi connectivity index (χ1v) is 9.79. The Morgan fingerprint density at radius 1 is 1.21 bits per heavy atom. The summed E-state index contributed by atoms with van der Waals surface area (Å²) in [5, 5.41) is 15.2. The van der Waals surface area contributed by atoms with E-state index in [1.54, 1.807) is 11.8 Å². The van der Waals surface area contributed by atoms with Crippen LogP contribution in [0.25, 0.3) is 5.69 Å². The van der Waals surface area contributed by atoms with Gasteiger partial charge in [0.25, 0.3) is 0 Å². The summed E-state index contributed by atoms with van der Waals surface area (Å²) >= 11 is 1.33. The standard InChI is InChI=1S/C20H23N5O2S/c1-13-5-6-14(2)18(11-13)25-20(22-23-24-25)28-15(3)19(26)21-12-16-7-9-17(27-4)10-8-16/h5-11,15H,12H2,1-4H3,(H,21,26). The Hall–Kier alpha value is -2.87. The van der Waals surface area contributed by atoms with Gasteiger partial charge in [0.15, 0.2) is 0 Å². The molecule has 0 saturated heterocycles. The molecule has 0 bridgehead atoms. The highest BCUT2D eigenvalue weighted by Crippen LogP contribution is 2.25. The fraction of sp³-hybridized carbons (Fsp3) is 0.300. The van der Waals surface area contributed by atoms with Crippen LogP contribution in [0.1, 0.15) is 23.6 Å². The Labute approximate surface area is 168 Å². The van der Waals surface area contributed by atoms with Gasteiger partial charge in [0.2, 0.25) is 11.1 Å². The zero-order chi connectivity index (χ0) is 20.1. The highest BCUT2D eigenvalue weighted by atomic mass is 32.2. The van der Waals surface area contributed by atoms with Crippen molar-refractivity contribution in [3.8, 4) is 11.4 Å². The zero-order valence-electron chi connectivity index (χ0n) is 16.3. The number of hydrogen-bond donors (Lipinski definition) is 1. The number of benzene rings is 2. The molecule has 0 aliphatic rings. The minimum Gasteiger partial charge on any atom is -0.497 e. The Balaban J connectivity index is 1.64. The first-order valence-electron chi connectivity index (χ1n) is 8.91. The predicted molar refractivity (Wildman–Crippen MR) is 109 cm³/mol. The number of aromatic nitrogens is 4. The van der Waals surface area contributed by atoms with Crippen molar-refractivity contribution in [1.29, 1.82) is 0 Å². The van der Waals surface area contributed by atoms with Crippen LogP contribution in [0.4, 0.5) is 0 Å². The Morgan fingerprint density at radius 3 is 2.68 bits per heavy atom. The molecule has 146 valence electrons. The number of carbonyl (C=O) groups is 1. The van der Waals surface area contributed by atoms with Gasteiger partial charge in [-0.05, 0) is 66.1 Å². The van der Waals surface area contributed by atoms with Gasteiger partial charge in [-0.1, -0.05) is 36.0 Å². The number of ether oxygens (including phenoxy) is 1. The highest BCUT2D eigenvalue weighted by molar-refractivity contribution is 8.00. The summed E-state index contributed by atoms with van der Waals surface area (Å²) < 4.78 is 6.82. The Kier molecular flexibility index (Phi) is 6.30. The third-order valence-corrected chi connectivity index (χ3v) is 5.34. The van der Waals surface area contributed by atoms with Crippen LogP contribution < -0.4 is 10.1 Å². The minimum absolute atomic E-state index is 0.0728. The first kappa shape index (κ1) is 19.9. The summed E-state index contributed by atoms with van der Waals surface area (Å²) in [5.74, 6) is 0.716. The average Bonchev–Trinajstić information content (AvgIpc) is 3.16. The van der Waals surface area contributed by atoms with Crippen molar-refractivity contribution in [1.82, 2.24) is 25.5 Å². The summed E-state index contributed by atoms with van der Waals surface area (Å²) in [5.41, 5.74) is 4.11. The third kappa shape index (κ3) is 4.69. The monoisotopic (exact) mass is 397 g/mol. The van der Waals surface area contributed by atoms with Gasteiger partial charge in [0.05, 0.1) is 18.0 Å². The molecule has 1 aromatic heterocycles. The number of methoxy groups -OCH3 is 1. The molecular formula is C20H23N5O2S. The molecule has 3 aromatic rings. The van der Waals surface area contributed by atoms with Crippen LogP contribution >= 0.6 is 11.8 Å². The van der Waals surface area contributed by atoms with Crippen molar-refractivity contribution in [3.05, 3.63) is 59.2 Å². The molecule has 28 heavy (non-hydrogen) atoms. The van der Waals surface area contributed by atoms with E-state index in [2.05, 4.69) is 20.8 Å². The fourth-order valence-corrected chi connectivity index (χ4v) is 3.46. The van der Waals surface area contributed by atoms with E-state index in [9.17, 15) is 4.79 Å². The second-order valence-corrected chi connectivity index (χ2v) is 7.80. The largest absolute Gasteiger partial charge is 0.497 e. The van der Waals surface area contributed by atoms with Crippen molar-refractivity contribution in [2.45, 2.75) is 37.7 Å². The zero-order valence-corrected chi connectivity index (χ0v) is 17.2. The Bertz CT molecular complexity index is 955. The van der Waals surface area contributed by atoms with Crippen LogP contribution in [-0.4, -0.2) is 38.5 Å². The third-order valence-electron chi connectivity index (χ3n) is 4.31. The molecule has 1 atom stereocenters. The molecule has 0 fully saturated rings. The average molecular weight is 398 g/mol. The van der Waals surface area contributed by atoms with E-state index in [-0.39, 0.29) is 11.2 Å². The van der Waals surface area contributed by atoms with E-state index in [0.29, 0.717) is 11.7 Å². The van der Waals surface area contributed by atoms with Crippen molar-refractivity contribution < 1.29 is 9.53 Å². The lowest BCUT2D eigenvalue weighted by molar-refractivity contribution is -0.120. The van der Waals surface area contributed by atoms with E-state index in [4.69, 9.17) is 4.74 Å². The van der Waals surface area contributed by atoms with Crippen LogP contribution in [0.2, 0.25) is 0 Å². The van der Waals surface area contributed by atoms with Gasteiger partial charge < -0.3 is 10.1 Å². The molecule has 0 spiro atoms. The summed E-state index contributed by atoms with van der Waals surface area (Å²) in [7, 11) is 1.63. The highest BCUT2D eigenvalue weighted by Gasteiger charge is 2.19. The molecule has 8 heteroatoms. The van der Waals surface area contributed by atoms with E-state index in [1.165, 1.54) is 11.8 Å². The molecule has 7 nitrogen and oxygen atoms in total. The van der Waals surface area contributed by atoms with Gasteiger partial charge in [-0.15, -0.1) is 5.10 Å². The van der Waals surface area contributed by atoms with Crippen LogP contribution in [0.3, 0.4) is 0 Å². The molecular weight excluding hydrogens is 374 g/mol. The molecule has 1 amide bonds. The SMILES string of the molecule is COc1ccc(CNC(=O)C(C)Sc2nnnn2-c2cc(C)ccc2C)cc1. The smallest absolute Gasteiger partial charge is 0.233 e. The molecule has 2 aromatic carbocycles. The van der Waals surface area contributed by atoms with Crippen LogP contribution in [0, 0.1) is 13.8 Å². The Morgan fingerprint density at radius 2 is 1.96 bits per heavy atom. The molecule has 0 saturated carbocycles. The second kappa shape index (κ2) is 8.88. The number of carbonyl (C=O) groups excluding carboxylic acids is 1. The lowest BCUT2D eigenvalue weighted by Gasteiger charge is -2.13. The second-order valence-electron chi connectivity index (χ2n) is 6.49. The lowest BCUT2D eigenvalue weighted by atomic mass is 10.1. The van der Waals surface area contributed by atoms with Crippen molar-refractivity contribution in [2.24, 2.45) is 0 Å². The van der Waals surface area contributed by atoms with Crippen LogP contribution in [-0.2, 0) is 11.3 Å². The van der Waals surface area contributed by atoms with Crippen LogP contribution in [0.15, 0.2) is 47.6 Å². The van der Waals surface area contributed by atoms with Gasteiger partial charge in [0, 0.05) is 6.54 Å². The van der Waals surface area contributed by atoms with E-state index in [1.807, 2.05) is 63.2 Å². The summed E-state index contributed by atoms with van der Waals surface area (Å²) in [4.78, 5) is 12.5. The molecule has 1 N–H and O–H groups in total. The number of thioether (sulfide) groups is 1. The van der Waals surface area contributed by atoms with Crippen molar-refractivity contribution in [2.75, 3.05) is 7.11 Å². The fourth-order valence-electron chi connectivity index (χ4n) is 2.64. The number of rotatable bonds is 7.